The van der Waals surface area contributed by atoms with Gasteiger partial charge < -0.3 is 4.74 Å². The molecule has 20 heavy (non-hydrogen) atoms. The third-order valence-corrected chi connectivity index (χ3v) is 3.22. The average Bonchev–Trinajstić information content (AvgIpc) is 2.70. The zero-order chi connectivity index (χ0) is 15.1. The van der Waals surface area contributed by atoms with E-state index >= 15 is 0 Å². The molecule has 1 rings (SSSR count). The SMILES string of the molecule is C=CC1=C(/C=C\C)C(COC(C)=O)C(/C=C\C)=C1C=C. The molecule has 0 N–H and O–H groups in total. The minimum absolute atomic E-state index is 0.0345. The molecule has 0 atom stereocenters. The normalized spacial score (nSPS) is 16.6. The van der Waals surface area contributed by atoms with E-state index in [2.05, 4.69) is 13.2 Å². The first-order valence-corrected chi connectivity index (χ1v) is 6.73. The van der Waals surface area contributed by atoms with Crippen LogP contribution in [0.15, 0.2) is 71.9 Å². The highest BCUT2D eigenvalue weighted by Crippen LogP contribution is 2.40. The van der Waals surface area contributed by atoms with Gasteiger partial charge in [0.05, 0.1) is 0 Å². The Labute approximate surface area is 121 Å². The highest BCUT2D eigenvalue weighted by atomic mass is 16.5. The Balaban J connectivity index is 3.33. The largest absolute Gasteiger partial charge is 0.465 e. The Morgan fingerprint density at radius 3 is 1.85 bits per heavy atom. The van der Waals surface area contributed by atoms with Crippen LogP contribution < -0.4 is 0 Å². The summed E-state index contributed by atoms with van der Waals surface area (Å²) in [5.41, 5.74) is 4.35. The molecule has 0 aromatic rings. The molecule has 1 aliphatic rings. The molecule has 1 aliphatic carbocycles. The van der Waals surface area contributed by atoms with Crippen molar-refractivity contribution in [3.05, 3.63) is 71.9 Å². The summed E-state index contributed by atoms with van der Waals surface area (Å²) < 4.78 is 5.22. The molecule has 0 bridgehead atoms. The van der Waals surface area contributed by atoms with Crippen LogP contribution in [-0.4, -0.2) is 12.6 Å². The summed E-state index contributed by atoms with van der Waals surface area (Å²) in [6.45, 7) is 13.5. The van der Waals surface area contributed by atoms with Gasteiger partial charge in [-0.3, -0.25) is 4.79 Å². The average molecular weight is 270 g/mol. The highest BCUT2D eigenvalue weighted by molar-refractivity contribution is 5.67. The van der Waals surface area contributed by atoms with Gasteiger partial charge in [-0.25, -0.2) is 0 Å². The zero-order valence-corrected chi connectivity index (χ0v) is 12.5. The Kier molecular flexibility index (Phi) is 5.98. The zero-order valence-electron chi connectivity index (χ0n) is 12.5. The van der Waals surface area contributed by atoms with Crippen LogP contribution in [0.25, 0.3) is 0 Å². The number of carbonyl (C=O) groups is 1. The number of ether oxygens (including phenoxy) is 1. The first-order valence-electron chi connectivity index (χ1n) is 6.73. The van der Waals surface area contributed by atoms with Crippen LogP contribution in [0.5, 0.6) is 0 Å². The third-order valence-electron chi connectivity index (χ3n) is 3.22. The maximum Gasteiger partial charge on any atom is 0.302 e. The first kappa shape index (κ1) is 16.0. The summed E-state index contributed by atoms with van der Waals surface area (Å²) in [5.74, 6) is -0.232. The van der Waals surface area contributed by atoms with Crippen molar-refractivity contribution in [3.8, 4) is 0 Å². The van der Waals surface area contributed by atoms with E-state index in [0.717, 1.165) is 22.3 Å². The maximum atomic E-state index is 11.1. The molecular formula is C18H22O2. The van der Waals surface area contributed by atoms with Gasteiger partial charge in [-0.2, -0.15) is 0 Å². The van der Waals surface area contributed by atoms with Crippen molar-refractivity contribution >= 4 is 5.97 Å². The van der Waals surface area contributed by atoms with Crippen LogP contribution in [0.3, 0.4) is 0 Å². The van der Waals surface area contributed by atoms with E-state index in [1.54, 1.807) is 0 Å². The van der Waals surface area contributed by atoms with Crippen LogP contribution in [0.2, 0.25) is 0 Å². The van der Waals surface area contributed by atoms with Crippen molar-refractivity contribution < 1.29 is 9.53 Å². The molecule has 0 aromatic heterocycles. The predicted molar refractivity (Wildman–Crippen MR) is 84.2 cm³/mol. The molecule has 0 amide bonds. The lowest BCUT2D eigenvalue weighted by molar-refractivity contribution is -0.141. The molecule has 0 saturated heterocycles. The fraction of sp³-hybridized carbons (Fsp3) is 0.278. The Hall–Kier alpha value is -2.09. The van der Waals surface area contributed by atoms with E-state index in [-0.39, 0.29) is 11.9 Å². The van der Waals surface area contributed by atoms with Gasteiger partial charge in [-0.1, -0.05) is 49.6 Å². The molecule has 2 nitrogen and oxygen atoms in total. The molecule has 0 unspecified atom stereocenters. The van der Waals surface area contributed by atoms with E-state index in [4.69, 9.17) is 4.74 Å². The Bertz CT molecular complexity index is 488. The highest BCUT2D eigenvalue weighted by Gasteiger charge is 2.29. The predicted octanol–water partition coefficient (Wildman–Crippen LogP) is 4.30. The number of esters is 1. The van der Waals surface area contributed by atoms with Gasteiger partial charge in [0.15, 0.2) is 0 Å². The maximum absolute atomic E-state index is 11.1. The van der Waals surface area contributed by atoms with Gasteiger partial charge in [0, 0.05) is 12.8 Å². The summed E-state index contributed by atoms with van der Waals surface area (Å²) in [4.78, 5) is 11.1. The molecule has 0 saturated carbocycles. The second-order valence-corrected chi connectivity index (χ2v) is 4.50. The standard InChI is InChI=1S/C18H22O2/c1-6-10-16-14(8-3)15(9-4)17(11-7-2)18(16)12-20-13(5)19/h6-11,18H,3-4,12H2,1-2,5H3/b10-6-,11-7-. The summed E-state index contributed by atoms with van der Waals surface area (Å²) in [6.07, 6.45) is 11.7. The van der Waals surface area contributed by atoms with Gasteiger partial charge in [-0.15, -0.1) is 0 Å². The van der Waals surface area contributed by atoms with E-state index in [9.17, 15) is 4.79 Å². The molecule has 0 radical (unpaired) electrons. The summed E-state index contributed by atoms with van der Waals surface area (Å²) >= 11 is 0. The number of allylic oxidation sites excluding steroid dienone is 8. The molecule has 2 heteroatoms. The van der Waals surface area contributed by atoms with Gasteiger partial charge in [-0.05, 0) is 36.1 Å². The summed E-state index contributed by atoms with van der Waals surface area (Å²) in [6, 6.07) is 0. The van der Waals surface area contributed by atoms with Crippen molar-refractivity contribution in [2.45, 2.75) is 20.8 Å². The number of hydrogen-bond acceptors (Lipinski definition) is 2. The monoisotopic (exact) mass is 270 g/mol. The van der Waals surface area contributed by atoms with Crippen molar-refractivity contribution in [3.63, 3.8) is 0 Å². The molecule has 0 fully saturated rings. The second kappa shape index (κ2) is 7.49. The van der Waals surface area contributed by atoms with Crippen molar-refractivity contribution in [1.29, 1.82) is 0 Å². The fourth-order valence-corrected chi connectivity index (χ4v) is 2.46. The number of carbonyl (C=O) groups excluding carboxylic acids is 1. The van der Waals surface area contributed by atoms with Crippen molar-refractivity contribution in [1.82, 2.24) is 0 Å². The lowest BCUT2D eigenvalue weighted by Gasteiger charge is -2.15. The lowest BCUT2D eigenvalue weighted by atomic mass is 9.94. The van der Waals surface area contributed by atoms with E-state index in [0.29, 0.717) is 6.61 Å². The van der Waals surface area contributed by atoms with E-state index < -0.39 is 0 Å². The van der Waals surface area contributed by atoms with Crippen LogP contribution in [0.1, 0.15) is 20.8 Å². The second-order valence-electron chi connectivity index (χ2n) is 4.50. The van der Waals surface area contributed by atoms with Gasteiger partial charge in [0.1, 0.15) is 6.61 Å². The number of rotatable bonds is 6. The first-order chi connectivity index (χ1) is 9.60. The van der Waals surface area contributed by atoms with Crippen LogP contribution in [-0.2, 0) is 9.53 Å². The minimum Gasteiger partial charge on any atom is -0.465 e. The van der Waals surface area contributed by atoms with E-state index in [1.165, 1.54) is 6.92 Å². The minimum atomic E-state index is -0.267. The van der Waals surface area contributed by atoms with Crippen LogP contribution in [0, 0.1) is 5.92 Å². The van der Waals surface area contributed by atoms with Gasteiger partial charge in [0.2, 0.25) is 0 Å². The fourth-order valence-electron chi connectivity index (χ4n) is 2.46. The van der Waals surface area contributed by atoms with Crippen molar-refractivity contribution in [2.75, 3.05) is 6.61 Å². The molecule has 0 aromatic carbocycles. The molecule has 0 aliphatic heterocycles. The Morgan fingerprint density at radius 2 is 1.55 bits per heavy atom. The summed E-state index contributed by atoms with van der Waals surface area (Å²) in [7, 11) is 0. The topological polar surface area (TPSA) is 26.3 Å². The summed E-state index contributed by atoms with van der Waals surface area (Å²) in [5, 5.41) is 0. The van der Waals surface area contributed by atoms with Crippen molar-refractivity contribution in [2.24, 2.45) is 5.92 Å². The molecular weight excluding hydrogens is 248 g/mol. The lowest BCUT2D eigenvalue weighted by Crippen LogP contribution is -2.14. The quantitative estimate of drug-likeness (QED) is 0.673. The third kappa shape index (κ3) is 3.27. The smallest absolute Gasteiger partial charge is 0.302 e. The van der Waals surface area contributed by atoms with Crippen LogP contribution in [0.4, 0.5) is 0 Å². The number of hydrogen-bond donors (Lipinski definition) is 0. The van der Waals surface area contributed by atoms with Gasteiger partial charge in [0.25, 0.3) is 0 Å². The molecule has 106 valence electrons. The van der Waals surface area contributed by atoms with E-state index in [1.807, 2.05) is 50.3 Å². The Morgan fingerprint density at radius 1 is 1.10 bits per heavy atom. The van der Waals surface area contributed by atoms with Crippen LogP contribution >= 0.6 is 0 Å². The molecule has 0 heterocycles. The van der Waals surface area contributed by atoms with Gasteiger partial charge >= 0.3 is 5.97 Å². The molecule has 0 spiro atoms.